The number of amides is 3. The Morgan fingerprint density at radius 2 is 1.85 bits per heavy atom. The molecule has 0 saturated heterocycles. The molecule has 0 aromatic rings. The van der Waals surface area contributed by atoms with Crippen molar-refractivity contribution in [1.82, 2.24) is 10.6 Å². The molecule has 0 rings (SSSR count). The van der Waals surface area contributed by atoms with Crippen molar-refractivity contribution >= 4 is 17.9 Å². The number of hydrogen-bond acceptors (Lipinski definition) is 5. The van der Waals surface area contributed by atoms with Gasteiger partial charge in [0, 0.05) is 13.2 Å². The van der Waals surface area contributed by atoms with E-state index in [4.69, 9.17) is 9.84 Å². The monoisotopic (exact) mass is 290 g/mol. The normalized spacial score (nSPS) is 10.3. The summed E-state index contributed by atoms with van der Waals surface area (Å²) < 4.78 is 9.86. The Morgan fingerprint density at radius 1 is 1.15 bits per heavy atom. The van der Waals surface area contributed by atoms with Crippen LogP contribution in [0.1, 0.15) is 26.7 Å². The van der Waals surface area contributed by atoms with Crippen LogP contribution in [0.25, 0.3) is 0 Å². The highest BCUT2D eigenvalue weighted by Crippen LogP contribution is 1.93. The van der Waals surface area contributed by atoms with E-state index in [1.165, 1.54) is 0 Å². The topological polar surface area (TPSA) is 114 Å². The number of carboxylic acid groups (broad SMARTS) is 1. The number of rotatable bonds is 10. The van der Waals surface area contributed by atoms with E-state index in [0.717, 1.165) is 12.8 Å². The quantitative estimate of drug-likeness (QED) is 0.492. The van der Waals surface area contributed by atoms with E-state index >= 15 is 0 Å². The zero-order valence-electron chi connectivity index (χ0n) is 11.8. The summed E-state index contributed by atoms with van der Waals surface area (Å²) in [5.74, 6) is -1.86. The largest absolute Gasteiger partial charge is 0.480 e. The van der Waals surface area contributed by atoms with Crippen molar-refractivity contribution in [3.63, 3.8) is 0 Å². The van der Waals surface area contributed by atoms with Crippen molar-refractivity contribution in [3.05, 3.63) is 0 Å². The van der Waals surface area contributed by atoms with E-state index in [9.17, 15) is 14.4 Å². The minimum Gasteiger partial charge on any atom is -0.480 e. The molecule has 0 spiro atoms. The fraction of sp³-hybridized carbons (Fsp3) is 0.750. The van der Waals surface area contributed by atoms with Crippen LogP contribution in [0, 0.1) is 0 Å². The predicted molar refractivity (Wildman–Crippen MR) is 70.3 cm³/mol. The van der Waals surface area contributed by atoms with Crippen molar-refractivity contribution in [3.8, 4) is 0 Å². The number of hydrogen-bond donors (Lipinski definition) is 3. The highest BCUT2D eigenvalue weighted by Gasteiger charge is 2.08. The van der Waals surface area contributed by atoms with Crippen LogP contribution in [-0.4, -0.2) is 55.5 Å². The highest BCUT2D eigenvalue weighted by molar-refractivity contribution is 5.94. The number of unbranched alkanes of at least 4 members (excludes halogenated alkanes) is 1. The van der Waals surface area contributed by atoms with Gasteiger partial charge in [0.1, 0.15) is 13.2 Å². The summed E-state index contributed by atoms with van der Waals surface area (Å²) in [4.78, 5) is 32.5. The molecule has 0 radical (unpaired) electrons. The standard InChI is InChI=1S/C12H22N2O6/c1-9(2)20-6-4-3-5-13-12(18)14-10(15)7-19-8-11(16)17/h9H,3-8H2,1-2H3,(H,16,17)(H2,13,14,15,18). The van der Waals surface area contributed by atoms with Crippen molar-refractivity contribution in [2.45, 2.75) is 32.8 Å². The van der Waals surface area contributed by atoms with Gasteiger partial charge >= 0.3 is 12.0 Å². The smallest absolute Gasteiger partial charge is 0.329 e. The molecular weight excluding hydrogens is 268 g/mol. The summed E-state index contributed by atoms with van der Waals surface area (Å²) in [6, 6.07) is -0.626. The second kappa shape index (κ2) is 11.2. The average Bonchev–Trinajstić information content (AvgIpc) is 2.32. The van der Waals surface area contributed by atoms with Crippen LogP contribution in [0.4, 0.5) is 4.79 Å². The van der Waals surface area contributed by atoms with Gasteiger partial charge in [0.25, 0.3) is 5.91 Å². The molecule has 0 unspecified atom stereocenters. The predicted octanol–water partition coefficient (Wildman–Crippen LogP) is 0.119. The summed E-state index contributed by atoms with van der Waals surface area (Å²) in [6.45, 7) is 3.90. The fourth-order valence-corrected chi connectivity index (χ4v) is 1.19. The summed E-state index contributed by atoms with van der Waals surface area (Å²) in [5, 5.41) is 12.8. The molecule has 0 aliphatic heterocycles. The third-order valence-electron chi connectivity index (χ3n) is 2.02. The third kappa shape index (κ3) is 12.8. The van der Waals surface area contributed by atoms with Crippen LogP contribution in [0.15, 0.2) is 0 Å². The van der Waals surface area contributed by atoms with Crippen molar-refractivity contribution in [1.29, 1.82) is 0 Å². The molecule has 0 atom stereocenters. The first-order valence-electron chi connectivity index (χ1n) is 6.40. The molecule has 0 fully saturated rings. The zero-order chi connectivity index (χ0) is 15.4. The van der Waals surface area contributed by atoms with E-state index in [2.05, 4.69) is 10.1 Å². The molecule has 0 saturated carbocycles. The lowest BCUT2D eigenvalue weighted by Gasteiger charge is -2.08. The van der Waals surface area contributed by atoms with E-state index in [-0.39, 0.29) is 6.10 Å². The third-order valence-corrected chi connectivity index (χ3v) is 2.02. The summed E-state index contributed by atoms with van der Waals surface area (Å²) in [7, 11) is 0. The van der Waals surface area contributed by atoms with E-state index < -0.39 is 31.1 Å². The van der Waals surface area contributed by atoms with E-state index in [1.807, 2.05) is 19.2 Å². The Kier molecular flexibility index (Phi) is 10.2. The fourth-order valence-electron chi connectivity index (χ4n) is 1.19. The molecule has 0 aliphatic carbocycles. The van der Waals surface area contributed by atoms with Gasteiger partial charge in [-0.2, -0.15) is 0 Å². The van der Waals surface area contributed by atoms with Crippen LogP contribution in [0.3, 0.4) is 0 Å². The van der Waals surface area contributed by atoms with Gasteiger partial charge in [0.05, 0.1) is 6.10 Å². The van der Waals surface area contributed by atoms with Gasteiger partial charge < -0.3 is 19.9 Å². The molecule has 0 aliphatic rings. The molecule has 3 N–H and O–H groups in total. The molecule has 116 valence electrons. The number of carbonyl (C=O) groups is 3. The number of nitrogens with one attached hydrogen (secondary N) is 2. The van der Waals surface area contributed by atoms with Crippen molar-refractivity contribution in [2.75, 3.05) is 26.4 Å². The van der Waals surface area contributed by atoms with E-state index in [1.54, 1.807) is 0 Å². The summed E-state index contributed by atoms with van der Waals surface area (Å²) in [6.07, 6.45) is 1.74. The molecule has 8 heteroatoms. The molecule has 0 aromatic heterocycles. The number of carbonyl (C=O) groups excluding carboxylic acids is 2. The van der Waals surface area contributed by atoms with Gasteiger partial charge in [-0.1, -0.05) is 0 Å². The molecule has 0 heterocycles. The molecule has 3 amide bonds. The Bertz CT molecular complexity index is 319. The first kappa shape index (κ1) is 18.3. The Hall–Kier alpha value is -1.67. The van der Waals surface area contributed by atoms with Crippen LogP contribution in [-0.2, 0) is 19.1 Å². The lowest BCUT2D eigenvalue weighted by Crippen LogP contribution is -2.41. The molecule has 0 aromatic carbocycles. The van der Waals surface area contributed by atoms with Crippen molar-refractivity contribution < 1.29 is 29.0 Å². The number of carboxylic acids is 1. The van der Waals surface area contributed by atoms with Gasteiger partial charge in [-0.25, -0.2) is 9.59 Å². The van der Waals surface area contributed by atoms with Gasteiger partial charge in [0.15, 0.2) is 0 Å². The average molecular weight is 290 g/mol. The van der Waals surface area contributed by atoms with Gasteiger partial charge in [-0.05, 0) is 26.7 Å². The minimum absolute atomic E-state index is 0.190. The Balaban J connectivity index is 3.48. The SMILES string of the molecule is CC(C)OCCCCNC(=O)NC(=O)COCC(=O)O. The number of urea groups is 1. The highest BCUT2D eigenvalue weighted by atomic mass is 16.5. The van der Waals surface area contributed by atoms with Gasteiger partial charge in [-0.15, -0.1) is 0 Å². The maximum Gasteiger partial charge on any atom is 0.329 e. The first-order chi connectivity index (χ1) is 9.41. The lowest BCUT2D eigenvalue weighted by atomic mass is 10.3. The number of imide groups is 1. The summed E-state index contributed by atoms with van der Waals surface area (Å²) >= 11 is 0. The van der Waals surface area contributed by atoms with Crippen LogP contribution >= 0.6 is 0 Å². The minimum atomic E-state index is -1.18. The number of ether oxygens (including phenoxy) is 2. The molecule has 20 heavy (non-hydrogen) atoms. The maximum absolute atomic E-state index is 11.2. The molecule has 0 bridgehead atoms. The maximum atomic E-state index is 11.2. The van der Waals surface area contributed by atoms with Crippen LogP contribution in [0.5, 0.6) is 0 Å². The van der Waals surface area contributed by atoms with Gasteiger partial charge in [0.2, 0.25) is 0 Å². The molecular formula is C12H22N2O6. The summed E-state index contributed by atoms with van der Waals surface area (Å²) in [5.41, 5.74) is 0. The second-order valence-corrected chi connectivity index (χ2v) is 4.32. The van der Waals surface area contributed by atoms with Gasteiger partial charge in [-0.3, -0.25) is 10.1 Å². The first-order valence-corrected chi connectivity index (χ1v) is 6.40. The molecule has 8 nitrogen and oxygen atoms in total. The number of aliphatic carboxylic acids is 1. The zero-order valence-corrected chi connectivity index (χ0v) is 11.8. The van der Waals surface area contributed by atoms with Crippen LogP contribution < -0.4 is 10.6 Å². The second-order valence-electron chi connectivity index (χ2n) is 4.32. The Morgan fingerprint density at radius 3 is 2.45 bits per heavy atom. The van der Waals surface area contributed by atoms with E-state index in [0.29, 0.717) is 13.2 Å². The Labute approximate surface area is 117 Å². The van der Waals surface area contributed by atoms with Crippen molar-refractivity contribution in [2.24, 2.45) is 0 Å². The van der Waals surface area contributed by atoms with Crippen LogP contribution in [0.2, 0.25) is 0 Å². The lowest BCUT2D eigenvalue weighted by molar-refractivity contribution is -0.143.